The van der Waals surface area contributed by atoms with Crippen LogP contribution in [-0.4, -0.2) is 22.5 Å². The number of unbranched alkanes of at least 4 members (excludes halogenated alkanes) is 5. The first-order valence-corrected chi connectivity index (χ1v) is 12.2. The molecule has 0 saturated heterocycles. The quantitative estimate of drug-likeness (QED) is 0.259. The van der Waals surface area contributed by atoms with Crippen LogP contribution in [0.5, 0.6) is 5.75 Å². The molecule has 2 aromatic heterocycles. The van der Waals surface area contributed by atoms with E-state index in [0.29, 0.717) is 12.1 Å². The van der Waals surface area contributed by atoms with E-state index in [0.717, 1.165) is 43.7 Å². The molecule has 0 aliphatic heterocycles. The summed E-state index contributed by atoms with van der Waals surface area (Å²) in [6, 6.07) is 7.26. The molecule has 0 spiro atoms. The molecule has 1 amide bonds. The van der Waals surface area contributed by atoms with Crippen molar-refractivity contribution in [2.75, 3.05) is 11.5 Å². The van der Waals surface area contributed by atoms with Crippen LogP contribution in [0.2, 0.25) is 0 Å². The second-order valence-corrected chi connectivity index (χ2v) is 8.74. The van der Waals surface area contributed by atoms with Gasteiger partial charge in [-0.25, -0.2) is 4.98 Å². The van der Waals surface area contributed by atoms with E-state index in [4.69, 9.17) is 4.74 Å². The molecular weight excluding hydrogens is 463 g/mol. The maximum Gasteiger partial charge on any atom is 0.420 e. The van der Waals surface area contributed by atoms with Gasteiger partial charge in [-0.05, 0) is 36.8 Å². The van der Waals surface area contributed by atoms with Crippen molar-refractivity contribution in [3.63, 3.8) is 0 Å². The van der Waals surface area contributed by atoms with Gasteiger partial charge in [0.2, 0.25) is 5.91 Å². The lowest BCUT2D eigenvalue weighted by atomic mass is 10.1. The minimum atomic E-state index is -4.63. The van der Waals surface area contributed by atoms with Gasteiger partial charge in [0, 0.05) is 30.3 Å². The van der Waals surface area contributed by atoms with Crippen LogP contribution in [0, 0.1) is 0 Å². The number of pyridine rings is 1. The van der Waals surface area contributed by atoms with Crippen LogP contribution in [0.25, 0.3) is 11.3 Å². The second-order valence-electron chi connectivity index (χ2n) is 7.91. The van der Waals surface area contributed by atoms with E-state index in [-0.39, 0.29) is 23.2 Å². The van der Waals surface area contributed by atoms with Crippen molar-refractivity contribution in [2.24, 2.45) is 0 Å². The van der Waals surface area contributed by atoms with Gasteiger partial charge in [-0.15, -0.1) is 11.3 Å². The Morgan fingerprint density at radius 3 is 2.56 bits per heavy atom. The Balaban J connectivity index is 1.80. The number of ether oxygens (including phenoxy) is 1. The Hall–Kier alpha value is -2.94. The van der Waals surface area contributed by atoms with Crippen LogP contribution < -0.4 is 9.64 Å². The van der Waals surface area contributed by atoms with Gasteiger partial charge in [-0.3, -0.25) is 14.7 Å². The van der Waals surface area contributed by atoms with Crippen LogP contribution in [-0.2, 0) is 11.0 Å². The summed E-state index contributed by atoms with van der Waals surface area (Å²) in [6.07, 6.45) is 4.72. The number of benzene rings is 1. The smallest absolute Gasteiger partial charge is 0.420 e. The zero-order valence-corrected chi connectivity index (χ0v) is 20.1. The third-order valence-electron chi connectivity index (χ3n) is 5.24. The fourth-order valence-electron chi connectivity index (χ4n) is 3.51. The Kier molecular flexibility index (Phi) is 9.04. The minimum absolute atomic E-state index is 0.0822. The number of thiazole rings is 1. The van der Waals surface area contributed by atoms with Crippen LogP contribution in [0.3, 0.4) is 0 Å². The SMILES string of the molecule is CCCCCCCCOc1ccc(N(C(C)=O)c2nc(-c3cccnc3)cs2)cc1C(F)(F)F. The standard InChI is InChI=1S/C25H28F3N3O2S/c1-3-4-5-6-7-8-14-33-23-12-11-20(15-21(23)25(26,27)28)31(18(2)32)24-30-22(17-34-24)19-10-9-13-29-16-19/h9-13,15-17H,3-8,14H2,1-2H3. The Morgan fingerprint density at radius 1 is 1.12 bits per heavy atom. The molecule has 5 nitrogen and oxygen atoms in total. The predicted molar refractivity (Wildman–Crippen MR) is 128 cm³/mol. The molecule has 0 aliphatic carbocycles. The van der Waals surface area contributed by atoms with E-state index < -0.39 is 17.6 Å². The van der Waals surface area contributed by atoms with Crippen LogP contribution in [0.4, 0.5) is 24.0 Å². The lowest BCUT2D eigenvalue weighted by Crippen LogP contribution is -2.23. The van der Waals surface area contributed by atoms with E-state index in [1.165, 1.54) is 35.3 Å². The molecule has 0 fully saturated rings. The summed E-state index contributed by atoms with van der Waals surface area (Å²) >= 11 is 1.17. The average molecular weight is 492 g/mol. The highest BCUT2D eigenvalue weighted by Crippen LogP contribution is 2.41. The zero-order valence-electron chi connectivity index (χ0n) is 19.3. The first kappa shape index (κ1) is 25.7. The van der Waals surface area contributed by atoms with Crippen molar-refractivity contribution in [3.05, 3.63) is 53.7 Å². The topological polar surface area (TPSA) is 55.3 Å². The third kappa shape index (κ3) is 6.79. The van der Waals surface area contributed by atoms with Crippen molar-refractivity contribution < 1.29 is 22.7 Å². The zero-order chi connectivity index (χ0) is 24.6. The number of rotatable bonds is 11. The number of aromatic nitrogens is 2. The third-order valence-corrected chi connectivity index (χ3v) is 6.06. The number of hydrogen-bond donors (Lipinski definition) is 0. The summed E-state index contributed by atoms with van der Waals surface area (Å²) in [5.41, 5.74) is 0.516. The fraction of sp³-hybridized carbons (Fsp3) is 0.400. The number of amides is 1. The van der Waals surface area contributed by atoms with Crippen molar-refractivity contribution in [3.8, 4) is 17.0 Å². The summed E-state index contributed by atoms with van der Waals surface area (Å²) in [4.78, 5) is 22.1. The number of carbonyl (C=O) groups excluding carboxylic acids is 1. The number of halogens is 3. The molecule has 0 radical (unpaired) electrons. The molecule has 0 aliphatic rings. The summed E-state index contributed by atoms with van der Waals surface area (Å²) < 4.78 is 47.0. The van der Waals surface area contributed by atoms with Crippen molar-refractivity contribution in [1.29, 1.82) is 0 Å². The molecule has 3 rings (SSSR count). The highest BCUT2D eigenvalue weighted by molar-refractivity contribution is 7.14. The second kappa shape index (κ2) is 12.0. The van der Waals surface area contributed by atoms with Gasteiger partial charge in [-0.2, -0.15) is 13.2 Å². The lowest BCUT2D eigenvalue weighted by Gasteiger charge is -2.21. The van der Waals surface area contributed by atoms with Crippen LogP contribution in [0.15, 0.2) is 48.1 Å². The highest BCUT2D eigenvalue weighted by atomic mass is 32.1. The number of nitrogens with zero attached hydrogens (tertiary/aromatic N) is 3. The van der Waals surface area contributed by atoms with E-state index in [2.05, 4.69) is 16.9 Å². The normalized spacial score (nSPS) is 11.4. The average Bonchev–Trinajstić information content (AvgIpc) is 3.28. The molecule has 2 heterocycles. The fourth-order valence-corrected chi connectivity index (χ4v) is 4.41. The molecule has 34 heavy (non-hydrogen) atoms. The first-order chi connectivity index (χ1) is 16.3. The van der Waals surface area contributed by atoms with Gasteiger partial charge in [-0.1, -0.05) is 39.0 Å². The largest absolute Gasteiger partial charge is 0.493 e. The Bertz CT molecular complexity index is 1070. The summed E-state index contributed by atoms with van der Waals surface area (Å²) in [7, 11) is 0. The minimum Gasteiger partial charge on any atom is -0.493 e. The molecule has 182 valence electrons. The number of hydrogen-bond acceptors (Lipinski definition) is 5. The Labute approximate surface area is 201 Å². The van der Waals surface area contributed by atoms with E-state index in [9.17, 15) is 18.0 Å². The van der Waals surface area contributed by atoms with Gasteiger partial charge in [0.25, 0.3) is 0 Å². The first-order valence-electron chi connectivity index (χ1n) is 11.3. The summed E-state index contributed by atoms with van der Waals surface area (Å²) in [5.74, 6) is -0.676. The van der Waals surface area contributed by atoms with Gasteiger partial charge < -0.3 is 4.74 Å². The van der Waals surface area contributed by atoms with Crippen molar-refractivity contribution >= 4 is 28.1 Å². The lowest BCUT2D eigenvalue weighted by molar-refractivity contribution is -0.139. The van der Waals surface area contributed by atoms with E-state index in [1.807, 2.05) is 6.07 Å². The highest BCUT2D eigenvalue weighted by Gasteiger charge is 2.35. The molecule has 0 bridgehead atoms. The van der Waals surface area contributed by atoms with Crippen molar-refractivity contribution in [1.82, 2.24) is 9.97 Å². The summed E-state index contributed by atoms with van der Waals surface area (Å²) in [6.45, 7) is 3.64. The Morgan fingerprint density at radius 2 is 1.88 bits per heavy atom. The van der Waals surface area contributed by atoms with Gasteiger partial charge in [0.05, 0.1) is 23.6 Å². The number of anilines is 2. The van der Waals surface area contributed by atoms with Gasteiger partial charge in [0.1, 0.15) is 5.75 Å². The van der Waals surface area contributed by atoms with Crippen LogP contribution >= 0.6 is 11.3 Å². The maximum atomic E-state index is 13.8. The summed E-state index contributed by atoms with van der Waals surface area (Å²) in [5, 5.41) is 2.02. The molecule has 0 saturated carbocycles. The number of carbonyl (C=O) groups is 1. The van der Waals surface area contributed by atoms with E-state index >= 15 is 0 Å². The van der Waals surface area contributed by atoms with E-state index in [1.54, 1.807) is 23.8 Å². The monoisotopic (exact) mass is 491 g/mol. The van der Waals surface area contributed by atoms with Gasteiger partial charge >= 0.3 is 6.18 Å². The maximum absolute atomic E-state index is 13.8. The van der Waals surface area contributed by atoms with Crippen molar-refractivity contribution in [2.45, 2.75) is 58.5 Å². The molecule has 0 N–H and O–H groups in total. The molecule has 0 unspecified atom stereocenters. The molecule has 1 aromatic carbocycles. The van der Waals surface area contributed by atoms with Crippen LogP contribution in [0.1, 0.15) is 57.9 Å². The predicted octanol–water partition coefficient (Wildman–Crippen LogP) is 7.65. The molecule has 0 atom stereocenters. The molecular formula is C25H28F3N3O2S. The molecule has 9 heteroatoms. The van der Waals surface area contributed by atoms with Gasteiger partial charge in [0.15, 0.2) is 5.13 Å². The molecule has 3 aromatic rings. The number of alkyl halides is 3.